The zero-order valence-electron chi connectivity index (χ0n) is 19.0. The summed E-state index contributed by atoms with van der Waals surface area (Å²) in [6.45, 7) is 0. The summed E-state index contributed by atoms with van der Waals surface area (Å²) in [5.74, 6) is -0.618. The lowest BCUT2D eigenvalue weighted by atomic mass is 10.0. The lowest BCUT2D eigenvalue weighted by Crippen LogP contribution is -2.31. The molecule has 2 amide bonds. The molecule has 2 aromatic carbocycles. The molecular weight excluding hydrogens is 474 g/mol. The monoisotopic (exact) mass is 493 g/mol. The first-order chi connectivity index (χ1) is 17.5. The molecule has 1 saturated heterocycles. The number of nitrogens with two attached hydrogens (primary N) is 1. The molecule has 176 valence electrons. The standard InChI is InChI=1S/C26H19N7O2S/c27-13-19-23(15-6-7-15)20(14-28)25(30-24(19)29)36-21-12-22(34)33(26(21)35)18-10-8-17(9-11-18)32-31-16-4-2-1-3-5-16/h1-5,8-11,15,21H,6-7,12H2,(H2,29,30)/t21-/m1/s1. The van der Waals surface area contributed by atoms with Crippen molar-refractivity contribution in [2.24, 2.45) is 10.2 Å². The van der Waals surface area contributed by atoms with E-state index in [-0.39, 0.29) is 40.2 Å². The van der Waals surface area contributed by atoms with E-state index in [0.29, 0.717) is 22.6 Å². The minimum atomic E-state index is -0.756. The molecule has 3 aromatic rings. The molecule has 2 fully saturated rings. The van der Waals surface area contributed by atoms with Crippen LogP contribution in [0.15, 0.2) is 69.9 Å². The van der Waals surface area contributed by atoms with Gasteiger partial charge in [0.05, 0.1) is 33.4 Å². The van der Waals surface area contributed by atoms with Crippen molar-refractivity contribution in [2.45, 2.75) is 35.5 Å². The SMILES string of the molecule is N#Cc1c(N)nc(S[C@@H]2CC(=O)N(c3ccc(N=Nc4ccccc4)cc3)C2=O)c(C#N)c1C1CC1. The number of nitrogens with zero attached hydrogens (tertiary/aromatic N) is 6. The van der Waals surface area contributed by atoms with Crippen molar-refractivity contribution in [3.63, 3.8) is 0 Å². The van der Waals surface area contributed by atoms with E-state index in [2.05, 4.69) is 27.4 Å². The van der Waals surface area contributed by atoms with Crippen LogP contribution in [0.5, 0.6) is 0 Å². The minimum Gasteiger partial charge on any atom is -0.383 e. The predicted molar refractivity (Wildman–Crippen MR) is 134 cm³/mol. The second-order valence-electron chi connectivity index (χ2n) is 8.39. The number of amides is 2. The molecule has 2 heterocycles. The first kappa shape index (κ1) is 23.2. The number of benzene rings is 2. The molecule has 5 rings (SSSR count). The van der Waals surface area contributed by atoms with Crippen LogP contribution in [0.4, 0.5) is 22.9 Å². The van der Waals surface area contributed by atoms with E-state index in [1.165, 1.54) is 0 Å². The van der Waals surface area contributed by atoms with Crippen LogP contribution in [0.1, 0.15) is 41.9 Å². The van der Waals surface area contributed by atoms with E-state index < -0.39 is 11.2 Å². The molecule has 10 heteroatoms. The van der Waals surface area contributed by atoms with Gasteiger partial charge in [0.2, 0.25) is 11.8 Å². The van der Waals surface area contributed by atoms with Crippen LogP contribution < -0.4 is 10.6 Å². The number of pyridine rings is 1. The number of imide groups is 1. The van der Waals surface area contributed by atoms with Gasteiger partial charge in [0.25, 0.3) is 0 Å². The Bertz CT molecular complexity index is 1470. The molecule has 9 nitrogen and oxygen atoms in total. The Morgan fingerprint density at radius 1 is 0.944 bits per heavy atom. The van der Waals surface area contributed by atoms with E-state index in [4.69, 9.17) is 5.73 Å². The number of nitriles is 2. The third kappa shape index (κ3) is 4.42. The molecule has 0 spiro atoms. The van der Waals surface area contributed by atoms with Crippen LogP contribution in [0.25, 0.3) is 0 Å². The number of anilines is 2. The van der Waals surface area contributed by atoms with E-state index >= 15 is 0 Å². The summed E-state index contributed by atoms with van der Waals surface area (Å²) >= 11 is 1.05. The lowest BCUT2D eigenvalue weighted by molar-refractivity contribution is -0.121. The van der Waals surface area contributed by atoms with Crippen molar-refractivity contribution >= 4 is 46.5 Å². The Hall–Kier alpha value is -4.54. The van der Waals surface area contributed by atoms with Gasteiger partial charge in [-0.15, -0.1) is 0 Å². The van der Waals surface area contributed by atoms with Gasteiger partial charge in [-0.25, -0.2) is 9.88 Å². The van der Waals surface area contributed by atoms with Gasteiger partial charge >= 0.3 is 0 Å². The number of hydrogen-bond donors (Lipinski definition) is 1. The van der Waals surface area contributed by atoms with Gasteiger partial charge in [-0.3, -0.25) is 9.59 Å². The van der Waals surface area contributed by atoms with Gasteiger partial charge in [-0.05, 0) is 60.7 Å². The molecule has 0 unspecified atom stereocenters. The van der Waals surface area contributed by atoms with Crippen LogP contribution in [0, 0.1) is 22.7 Å². The van der Waals surface area contributed by atoms with Crippen LogP contribution in [0.3, 0.4) is 0 Å². The third-order valence-corrected chi connectivity index (χ3v) is 7.12. The van der Waals surface area contributed by atoms with E-state index in [9.17, 15) is 20.1 Å². The highest BCUT2D eigenvalue weighted by Crippen LogP contribution is 2.47. The summed E-state index contributed by atoms with van der Waals surface area (Å²) in [4.78, 5) is 31.4. The Morgan fingerprint density at radius 2 is 1.58 bits per heavy atom. The quantitative estimate of drug-likeness (QED) is 0.370. The smallest absolute Gasteiger partial charge is 0.247 e. The average molecular weight is 494 g/mol. The van der Waals surface area contributed by atoms with Gasteiger partial charge in [0.15, 0.2) is 0 Å². The summed E-state index contributed by atoms with van der Waals surface area (Å²) in [5.41, 5.74) is 8.82. The Morgan fingerprint density at radius 3 is 2.19 bits per heavy atom. The molecule has 1 atom stereocenters. The summed E-state index contributed by atoms with van der Waals surface area (Å²) in [7, 11) is 0. The summed E-state index contributed by atoms with van der Waals surface area (Å²) in [6, 6.07) is 20.1. The highest BCUT2D eigenvalue weighted by Gasteiger charge is 2.41. The maximum Gasteiger partial charge on any atom is 0.247 e. The molecule has 0 bridgehead atoms. The third-order valence-electron chi connectivity index (χ3n) is 5.94. The Balaban J connectivity index is 1.36. The first-order valence-corrected chi connectivity index (χ1v) is 12.1. The van der Waals surface area contributed by atoms with Gasteiger partial charge in [0.1, 0.15) is 23.0 Å². The van der Waals surface area contributed by atoms with Gasteiger partial charge < -0.3 is 5.73 Å². The maximum absolute atomic E-state index is 13.2. The highest BCUT2D eigenvalue weighted by atomic mass is 32.2. The zero-order valence-corrected chi connectivity index (χ0v) is 19.8. The maximum atomic E-state index is 13.2. The molecule has 1 aliphatic carbocycles. The number of thioether (sulfide) groups is 1. The molecule has 2 N–H and O–H groups in total. The highest BCUT2D eigenvalue weighted by molar-refractivity contribution is 8.00. The largest absolute Gasteiger partial charge is 0.383 e. The average Bonchev–Trinajstić information content (AvgIpc) is 3.69. The van der Waals surface area contributed by atoms with Crippen LogP contribution in [-0.2, 0) is 9.59 Å². The van der Waals surface area contributed by atoms with Gasteiger partial charge in [0, 0.05) is 6.42 Å². The fraction of sp³-hybridized carbons (Fsp3) is 0.192. The predicted octanol–water partition coefficient (Wildman–Crippen LogP) is 5.12. The van der Waals surface area contributed by atoms with Gasteiger partial charge in [-0.2, -0.15) is 20.8 Å². The second-order valence-corrected chi connectivity index (χ2v) is 9.59. The van der Waals surface area contributed by atoms with Crippen molar-refractivity contribution in [1.29, 1.82) is 10.5 Å². The van der Waals surface area contributed by atoms with Crippen molar-refractivity contribution in [1.82, 2.24) is 4.98 Å². The van der Waals surface area contributed by atoms with Crippen molar-refractivity contribution in [3.8, 4) is 12.1 Å². The number of azo groups is 1. The number of rotatable bonds is 6. The van der Waals surface area contributed by atoms with Crippen LogP contribution in [-0.4, -0.2) is 22.0 Å². The fourth-order valence-corrected chi connectivity index (χ4v) is 5.20. The van der Waals surface area contributed by atoms with E-state index in [1.807, 2.05) is 30.3 Å². The molecular formula is C26H19N7O2S. The van der Waals surface area contributed by atoms with Gasteiger partial charge in [-0.1, -0.05) is 30.0 Å². The second kappa shape index (κ2) is 9.61. The van der Waals surface area contributed by atoms with Crippen molar-refractivity contribution in [3.05, 3.63) is 71.3 Å². The number of hydrogen-bond acceptors (Lipinski definition) is 9. The molecule has 0 radical (unpaired) electrons. The Labute approximate surface area is 211 Å². The lowest BCUT2D eigenvalue weighted by Gasteiger charge is -2.16. The van der Waals surface area contributed by atoms with Crippen LogP contribution >= 0.6 is 11.8 Å². The summed E-state index contributed by atoms with van der Waals surface area (Å²) in [6.07, 6.45) is 1.70. The number of carbonyl (C=O) groups is 2. The first-order valence-electron chi connectivity index (χ1n) is 11.2. The molecule has 1 saturated carbocycles. The molecule has 36 heavy (non-hydrogen) atoms. The zero-order chi connectivity index (χ0) is 25.2. The Kier molecular flexibility index (Phi) is 6.19. The van der Waals surface area contributed by atoms with E-state index in [0.717, 1.165) is 29.5 Å². The van der Waals surface area contributed by atoms with E-state index in [1.54, 1.807) is 24.3 Å². The van der Waals surface area contributed by atoms with Crippen molar-refractivity contribution in [2.75, 3.05) is 10.6 Å². The number of aromatic nitrogens is 1. The van der Waals surface area contributed by atoms with Crippen molar-refractivity contribution < 1.29 is 9.59 Å². The molecule has 1 aromatic heterocycles. The fourth-order valence-electron chi connectivity index (χ4n) is 4.07. The number of nitrogen functional groups attached to an aromatic ring is 1. The van der Waals surface area contributed by atoms with Crippen LogP contribution in [0.2, 0.25) is 0 Å². The molecule has 1 aliphatic heterocycles. The summed E-state index contributed by atoms with van der Waals surface area (Å²) < 4.78 is 0. The topological polar surface area (TPSA) is 149 Å². The normalized spacial score (nSPS) is 17.4. The molecule has 2 aliphatic rings. The minimum absolute atomic E-state index is 0.0368. The number of carbonyl (C=O) groups excluding carboxylic acids is 2. The summed E-state index contributed by atoms with van der Waals surface area (Å²) in [5, 5.41) is 27.2.